The predicted octanol–water partition coefficient (Wildman–Crippen LogP) is 3.57. The van der Waals surface area contributed by atoms with Crippen LogP contribution in [0.25, 0.3) is 6.08 Å². The van der Waals surface area contributed by atoms with Crippen LogP contribution in [0.5, 0.6) is 5.75 Å². The van der Waals surface area contributed by atoms with Crippen LogP contribution in [0.15, 0.2) is 23.1 Å². The number of hydrogen-bond acceptors (Lipinski definition) is 4. The van der Waals surface area contributed by atoms with Crippen molar-refractivity contribution in [2.45, 2.75) is 6.92 Å². The van der Waals surface area contributed by atoms with E-state index in [0.717, 1.165) is 5.56 Å². The van der Waals surface area contributed by atoms with Gasteiger partial charge in [-0.1, -0.05) is 35.6 Å². The second-order valence-corrected chi connectivity index (χ2v) is 5.97. The monoisotopic (exact) mass is 313 g/mol. The Morgan fingerprint density at radius 2 is 2.26 bits per heavy atom. The quantitative estimate of drug-likeness (QED) is 0.630. The van der Waals surface area contributed by atoms with Crippen molar-refractivity contribution in [1.29, 1.82) is 0 Å². The van der Waals surface area contributed by atoms with E-state index in [0.29, 0.717) is 26.6 Å². The Hall–Kier alpha value is -1.04. The topological polar surface area (TPSA) is 29.5 Å². The molecule has 1 amide bonds. The molecular formula is C13H12ClNO2S2. The van der Waals surface area contributed by atoms with Crippen LogP contribution >= 0.6 is 35.6 Å². The van der Waals surface area contributed by atoms with Crippen LogP contribution in [0.3, 0.4) is 0 Å². The Morgan fingerprint density at radius 3 is 2.84 bits per heavy atom. The highest BCUT2D eigenvalue weighted by Crippen LogP contribution is 2.34. The number of carbonyl (C=O) groups is 1. The van der Waals surface area contributed by atoms with Crippen LogP contribution in [0, 0.1) is 0 Å². The van der Waals surface area contributed by atoms with Gasteiger partial charge in [-0.3, -0.25) is 9.69 Å². The van der Waals surface area contributed by atoms with Crippen molar-refractivity contribution in [1.82, 2.24) is 4.90 Å². The van der Waals surface area contributed by atoms with Crippen LogP contribution in [0.1, 0.15) is 12.5 Å². The Morgan fingerprint density at radius 1 is 1.53 bits per heavy atom. The predicted molar refractivity (Wildman–Crippen MR) is 83.6 cm³/mol. The summed E-state index contributed by atoms with van der Waals surface area (Å²) in [5, 5.41) is 0.599. The van der Waals surface area contributed by atoms with Gasteiger partial charge in [-0.2, -0.15) is 0 Å². The number of benzene rings is 1. The van der Waals surface area contributed by atoms with Crippen molar-refractivity contribution in [3.63, 3.8) is 0 Å². The molecule has 1 aliphatic rings. The molecule has 0 bridgehead atoms. The van der Waals surface area contributed by atoms with E-state index in [1.165, 1.54) is 16.7 Å². The Bertz CT molecular complexity index is 572. The molecule has 1 saturated heterocycles. The average molecular weight is 314 g/mol. The summed E-state index contributed by atoms with van der Waals surface area (Å²) in [4.78, 5) is 14.0. The molecule has 0 radical (unpaired) electrons. The van der Waals surface area contributed by atoms with Crippen LogP contribution in [0.2, 0.25) is 5.02 Å². The molecule has 0 aromatic heterocycles. The molecule has 0 unspecified atom stereocenters. The summed E-state index contributed by atoms with van der Waals surface area (Å²) in [6, 6.07) is 5.33. The van der Waals surface area contributed by atoms with Crippen molar-refractivity contribution < 1.29 is 9.53 Å². The number of likely N-dealkylation sites (N-methyl/N-ethyl adjacent to an activating group) is 1. The summed E-state index contributed by atoms with van der Waals surface area (Å²) in [5.41, 5.74) is 0.781. The zero-order valence-electron chi connectivity index (χ0n) is 10.5. The molecule has 1 aromatic rings. The first-order valence-electron chi connectivity index (χ1n) is 5.67. The van der Waals surface area contributed by atoms with Gasteiger partial charge in [0.15, 0.2) is 0 Å². The van der Waals surface area contributed by atoms with Gasteiger partial charge < -0.3 is 4.74 Å². The van der Waals surface area contributed by atoms with E-state index in [2.05, 4.69) is 0 Å². The van der Waals surface area contributed by atoms with E-state index in [4.69, 9.17) is 28.6 Å². The van der Waals surface area contributed by atoms with Crippen molar-refractivity contribution in [3.8, 4) is 5.75 Å². The second-order valence-electron chi connectivity index (χ2n) is 3.86. The molecule has 0 spiro atoms. The van der Waals surface area contributed by atoms with Gasteiger partial charge in [0.05, 0.1) is 11.5 Å². The molecule has 0 aliphatic carbocycles. The van der Waals surface area contributed by atoms with Gasteiger partial charge in [-0.05, 0) is 31.2 Å². The smallest absolute Gasteiger partial charge is 0.265 e. The molecule has 0 saturated carbocycles. The van der Waals surface area contributed by atoms with Crippen LogP contribution < -0.4 is 4.74 Å². The number of rotatable bonds is 3. The van der Waals surface area contributed by atoms with Gasteiger partial charge in [0.25, 0.3) is 5.91 Å². The lowest BCUT2D eigenvalue weighted by molar-refractivity contribution is -0.121. The number of ether oxygens (including phenoxy) is 1. The molecule has 0 atom stereocenters. The molecule has 6 heteroatoms. The number of thioether (sulfide) groups is 1. The molecule has 19 heavy (non-hydrogen) atoms. The number of hydrogen-bond donors (Lipinski definition) is 0. The number of halogens is 1. The minimum Gasteiger partial charge on any atom is -0.493 e. The highest BCUT2D eigenvalue weighted by atomic mass is 35.5. The van der Waals surface area contributed by atoms with Gasteiger partial charge in [-0.25, -0.2) is 0 Å². The van der Waals surface area contributed by atoms with Gasteiger partial charge in [0.2, 0.25) is 0 Å². The van der Waals surface area contributed by atoms with E-state index in [-0.39, 0.29) is 5.91 Å². The lowest BCUT2D eigenvalue weighted by atomic mass is 10.2. The van der Waals surface area contributed by atoms with Crippen molar-refractivity contribution >= 4 is 51.9 Å². The third-order valence-corrected chi connectivity index (χ3v) is 4.26. The second kappa shape index (κ2) is 5.94. The van der Waals surface area contributed by atoms with E-state index < -0.39 is 0 Å². The minimum atomic E-state index is -0.0996. The summed E-state index contributed by atoms with van der Waals surface area (Å²) in [6.45, 7) is 2.46. The zero-order valence-corrected chi connectivity index (χ0v) is 12.9. The highest BCUT2D eigenvalue weighted by Gasteiger charge is 2.28. The third kappa shape index (κ3) is 3.11. The fraction of sp³-hybridized carbons (Fsp3) is 0.231. The average Bonchev–Trinajstić information content (AvgIpc) is 2.61. The van der Waals surface area contributed by atoms with E-state index in [1.54, 1.807) is 31.3 Å². The summed E-state index contributed by atoms with van der Waals surface area (Å²) < 4.78 is 6.07. The molecule has 1 aliphatic heterocycles. The van der Waals surface area contributed by atoms with Gasteiger partial charge in [-0.15, -0.1) is 0 Å². The normalized spacial score (nSPS) is 17.4. The molecular weight excluding hydrogens is 302 g/mol. The molecule has 100 valence electrons. The minimum absolute atomic E-state index is 0.0996. The maximum Gasteiger partial charge on any atom is 0.265 e. The fourth-order valence-corrected chi connectivity index (χ4v) is 2.96. The molecule has 1 heterocycles. The van der Waals surface area contributed by atoms with E-state index in [1.807, 2.05) is 6.92 Å². The number of amides is 1. The maximum atomic E-state index is 11.9. The van der Waals surface area contributed by atoms with E-state index in [9.17, 15) is 4.79 Å². The van der Waals surface area contributed by atoms with Gasteiger partial charge in [0.1, 0.15) is 10.1 Å². The first-order valence-corrected chi connectivity index (χ1v) is 7.27. The number of nitrogens with zero attached hydrogens (tertiary/aromatic N) is 1. The lowest BCUT2D eigenvalue weighted by Crippen LogP contribution is -2.22. The van der Waals surface area contributed by atoms with Gasteiger partial charge >= 0.3 is 0 Å². The van der Waals surface area contributed by atoms with Crippen LogP contribution in [-0.4, -0.2) is 28.8 Å². The molecule has 2 rings (SSSR count). The van der Waals surface area contributed by atoms with Crippen LogP contribution in [-0.2, 0) is 4.79 Å². The van der Waals surface area contributed by atoms with Gasteiger partial charge in [0, 0.05) is 17.6 Å². The van der Waals surface area contributed by atoms with Crippen molar-refractivity contribution in [2.75, 3.05) is 13.7 Å². The van der Waals surface area contributed by atoms with Crippen molar-refractivity contribution in [2.24, 2.45) is 0 Å². The summed E-state index contributed by atoms with van der Waals surface area (Å²) in [5.74, 6) is 0.602. The summed E-state index contributed by atoms with van der Waals surface area (Å²) in [6.07, 6.45) is 1.76. The fourth-order valence-electron chi connectivity index (χ4n) is 1.61. The molecule has 3 nitrogen and oxygen atoms in total. The molecule has 1 fully saturated rings. The number of carbonyl (C=O) groups excluding carboxylic acids is 1. The number of thiocarbonyl (C=S) groups is 1. The first kappa shape index (κ1) is 14.4. The Balaban J connectivity index is 2.40. The molecule has 1 aromatic carbocycles. The summed E-state index contributed by atoms with van der Waals surface area (Å²) >= 11 is 12.4. The highest BCUT2D eigenvalue weighted by molar-refractivity contribution is 8.26. The SMILES string of the molecule is CCOc1ccc(Cl)cc1/C=C1\SC(=S)N(C)C1=O. The van der Waals surface area contributed by atoms with E-state index >= 15 is 0 Å². The maximum absolute atomic E-state index is 11.9. The Kier molecular flexibility index (Phi) is 4.50. The molecule has 0 N–H and O–H groups in total. The standard InChI is InChI=1S/C13H12ClNO2S2/c1-3-17-10-5-4-9(14)6-8(10)7-11-12(16)15(2)13(18)19-11/h4-7H,3H2,1-2H3/b11-7-. The third-order valence-electron chi connectivity index (χ3n) is 2.54. The Labute approximate surface area is 126 Å². The summed E-state index contributed by atoms with van der Waals surface area (Å²) in [7, 11) is 1.67. The van der Waals surface area contributed by atoms with Crippen molar-refractivity contribution in [3.05, 3.63) is 33.7 Å². The first-order chi connectivity index (χ1) is 9.02. The zero-order chi connectivity index (χ0) is 14.0. The lowest BCUT2D eigenvalue weighted by Gasteiger charge is -2.08. The largest absolute Gasteiger partial charge is 0.493 e. The van der Waals surface area contributed by atoms with Crippen LogP contribution in [0.4, 0.5) is 0 Å².